The summed E-state index contributed by atoms with van der Waals surface area (Å²) in [5.41, 5.74) is 6.45. The summed E-state index contributed by atoms with van der Waals surface area (Å²) < 4.78 is 0.885. The van der Waals surface area contributed by atoms with Crippen LogP contribution in [0.1, 0.15) is 11.5 Å². The molecule has 0 amide bonds. The van der Waals surface area contributed by atoms with Gasteiger partial charge in [-0.15, -0.1) is 0 Å². The molecular formula is C6H10BrN3. The Hall–Kier alpha value is -0.350. The minimum absolute atomic E-state index is 0.653. The van der Waals surface area contributed by atoms with Crippen LogP contribution in [-0.4, -0.2) is 16.5 Å². The van der Waals surface area contributed by atoms with E-state index >= 15 is 0 Å². The molecule has 0 atom stereocenters. The number of imidazole rings is 1. The Kier molecular flexibility index (Phi) is 2.45. The second-order valence-corrected chi connectivity index (χ2v) is 2.88. The zero-order valence-corrected chi connectivity index (χ0v) is 7.40. The van der Waals surface area contributed by atoms with Gasteiger partial charge in [-0.05, 0) is 29.4 Å². The van der Waals surface area contributed by atoms with Crippen LogP contribution in [0.3, 0.4) is 0 Å². The van der Waals surface area contributed by atoms with Gasteiger partial charge in [-0.3, -0.25) is 0 Å². The van der Waals surface area contributed by atoms with Gasteiger partial charge in [0.25, 0.3) is 0 Å². The predicted octanol–water partition coefficient (Wildman–Crippen LogP) is 0.982. The molecule has 0 aliphatic carbocycles. The second-order valence-electron chi connectivity index (χ2n) is 2.13. The van der Waals surface area contributed by atoms with Crippen LogP contribution in [0.4, 0.5) is 0 Å². The molecule has 0 aliphatic rings. The largest absolute Gasteiger partial charge is 0.345 e. The van der Waals surface area contributed by atoms with Crippen molar-refractivity contribution in [3.05, 3.63) is 16.1 Å². The molecule has 4 heteroatoms. The van der Waals surface area contributed by atoms with E-state index in [0.717, 1.165) is 22.5 Å². The van der Waals surface area contributed by atoms with Crippen molar-refractivity contribution in [3.8, 4) is 0 Å². The molecule has 3 nitrogen and oxygen atoms in total. The number of rotatable bonds is 2. The minimum atomic E-state index is 0.653. The SMILES string of the molecule is Cc1nc(Br)c(CCN)[nH]1. The van der Waals surface area contributed by atoms with Gasteiger partial charge in [0.1, 0.15) is 10.4 Å². The van der Waals surface area contributed by atoms with Crippen LogP contribution in [0.25, 0.3) is 0 Å². The highest BCUT2D eigenvalue weighted by Gasteiger charge is 2.02. The quantitative estimate of drug-likeness (QED) is 0.754. The predicted molar refractivity (Wildman–Crippen MR) is 43.8 cm³/mol. The highest BCUT2D eigenvalue weighted by Crippen LogP contribution is 2.12. The highest BCUT2D eigenvalue weighted by molar-refractivity contribution is 9.10. The van der Waals surface area contributed by atoms with Gasteiger partial charge in [0, 0.05) is 6.42 Å². The molecule has 0 aliphatic heterocycles. The molecule has 0 radical (unpaired) electrons. The van der Waals surface area contributed by atoms with Gasteiger partial charge in [0.05, 0.1) is 5.69 Å². The van der Waals surface area contributed by atoms with Crippen molar-refractivity contribution in [2.24, 2.45) is 5.73 Å². The Labute approximate surface area is 68.2 Å². The summed E-state index contributed by atoms with van der Waals surface area (Å²) in [6.07, 6.45) is 0.849. The van der Waals surface area contributed by atoms with Gasteiger partial charge >= 0.3 is 0 Å². The first-order valence-electron chi connectivity index (χ1n) is 3.15. The third-order valence-corrected chi connectivity index (χ3v) is 1.90. The summed E-state index contributed by atoms with van der Waals surface area (Å²) >= 11 is 3.32. The van der Waals surface area contributed by atoms with Gasteiger partial charge in [0.2, 0.25) is 0 Å². The number of H-pyrrole nitrogens is 1. The van der Waals surface area contributed by atoms with E-state index in [1.807, 2.05) is 6.92 Å². The van der Waals surface area contributed by atoms with Gasteiger partial charge in [0.15, 0.2) is 0 Å². The van der Waals surface area contributed by atoms with Crippen LogP contribution in [0.5, 0.6) is 0 Å². The van der Waals surface area contributed by atoms with Crippen molar-refractivity contribution >= 4 is 15.9 Å². The third kappa shape index (κ3) is 1.58. The number of nitrogens with one attached hydrogen (secondary N) is 1. The Morgan fingerprint density at radius 1 is 1.70 bits per heavy atom. The maximum atomic E-state index is 5.37. The summed E-state index contributed by atoms with van der Waals surface area (Å²) in [5, 5.41) is 0. The Balaban J connectivity index is 2.81. The number of nitrogens with zero attached hydrogens (tertiary/aromatic N) is 1. The first kappa shape index (κ1) is 7.75. The average molecular weight is 204 g/mol. The molecule has 0 saturated carbocycles. The van der Waals surface area contributed by atoms with Gasteiger partial charge in [-0.1, -0.05) is 0 Å². The average Bonchev–Trinajstić information content (AvgIpc) is 2.13. The van der Waals surface area contributed by atoms with E-state index in [-0.39, 0.29) is 0 Å². The molecule has 0 spiro atoms. The molecule has 0 unspecified atom stereocenters. The maximum Gasteiger partial charge on any atom is 0.127 e. The molecular weight excluding hydrogens is 194 g/mol. The van der Waals surface area contributed by atoms with E-state index in [1.54, 1.807) is 0 Å². The van der Waals surface area contributed by atoms with Gasteiger partial charge < -0.3 is 10.7 Å². The lowest BCUT2D eigenvalue weighted by atomic mass is 10.3. The molecule has 0 aromatic carbocycles. The number of aryl methyl sites for hydroxylation is 1. The summed E-state index contributed by atoms with van der Waals surface area (Å²) in [7, 11) is 0. The van der Waals surface area contributed by atoms with Crippen molar-refractivity contribution in [2.75, 3.05) is 6.54 Å². The van der Waals surface area contributed by atoms with Crippen molar-refractivity contribution in [2.45, 2.75) is 13.3 Å². The normalized spacial score (nSPS) is 10.3. The lowest BCUT2D eigenvalue weighted by molar-refractivity contribution is 0.924. The maximum absolute atomic E-state index is 5.37. The number of hydrogen-bond acceptors (Lipinski definition) is 2. The first-order valence-corrected chi connectivity index (χ1v) is 3.94. The van der Waals surface area contributed by atoms with Crippen LogP contribution in [-0.2, 0) is 6.42 Å². The van der Waals surface area contributed by atoms with Crippen molar-refractivity contribution < 1.29 is 0 Å². The standard InChI is InChI=1S/C6H10BrN3/c1-4-9-5(2-3-8)6(7)10-4/h2-3,8H2,1H3,(H,9,10). The molecule has 1 aromatic heterocycles. The van der Waals surface area contributed by atoms with Crippen LogP contribution in [0, 0.1) is 6.92 Å². The van der Waals surface area contributed by atoms with Crippen molar-refractivity contribution in [1.82, 2.24) is 9.97 Å². The monoisotopic (exact) mass is 203 g/mol. The second kappa shape index (κ2) is 3.16. The molecule has 1 rings (SSSR count). The van der Waals surface area contributed by atoms with E-state index in [2.05, 4.69) is 25.9 Å². The minimum Gasteiger partial charge on any atom is -0.345 e. The van der Waals surface area contributed by atoms with Crippen LogP contribution >= 0.6 is 15.9 Å². The molecule has 0 saturated heterocycles. The molecule has 1 aromatic rings. The Bertz CT molecular complexity index is 219. The smallest absolute Gasteiger partial charge is 0.127 e. The lowest BCUT2D eigenvalue weighted by Crippen LogP contribution is -2.03. The summed E-state index contributed by atoms with van der Waals surface area (Å²) in [6, 6.07) is 0. The Morgan fingerprint density at radius 3 is 2.80 bits per heavy atom. The summed E-state index contributed by atoms with van der Waals surface area (Å²) in [4.78, 5) is 7.24. The zero-order valence-electron chi connectivity index (χ0n) is 5.82. The molecule has 56 valence electrons. The van der Waals surface area contributed by atoms with Crippen LogP contribution < -0.4 is 5.73 Å². The number of halogens is 1. The topological polar surface area (TPSA) is 54.7 Å². The molecule has 1 heterocycles. The van der Waals surface area contributed by atoms with Crippen LogP contribution in [0.15, 0.2) is 4.60 Å². The highest BCUT2D eigenvalue weighted by atomic mass is 79.9. The van der Waals surface area contributed by atoms with E-state index in [1.165, 1.54) is 0 Å². The van der Waals surface area contributed by atoms with E-state index < -0.39 is 0 Å². The van der Waals surface area contributed by atoms with Crippen molar-refractivity contribution in [3.63, 3.8) is 0 Å². The van der Waals surface area contributed by atoms with E-state index in [0.29, 0.717) is 6.54 Å². The fourth-order valence-corrected chi connectivity index (χ4v) is 1.39. The summed E-state index contributed by atoms with van der Waals surface area (Å²) in [6.45, 7) is 2.57. The molecule has 0 bridgehead atoms. The molecule has 3 N–H and O–H groups in total. The van der Waals surface area contributed by atoms with Crippen molar-refractivity contribution in [1.29, 1.82) is 0 Å². The number of nitrogens with two attached hydrogens (primary N) is 1. The fraction of sp³-hybridized carbons (Fsp3) is 0.500. The fourth-order valence-electron chi connectivity index (χ4n) is 0.823. The number of aromatic amines is 1. The molecule has 0 fully saturated rings. The van der Waals surface area contributed by atoms with E-state index in [4.69, 9.17) is 5.73 Å². The third-order valence-electron chi connectivity index (χ3n) is 1.24. The lowest BCUT2D eigenvalue weighted by Gasteiger charge is -1.91. The summed E-state index contributed by atoms with van der Waals surface area (Å²) in [5.74, 6) is 0.926. The van der Waals surface area contributed by atoms with Crippen LogP contribution in [0.2, 0.25) is 0 Å². The first-order chi connectivity index (χ1) is 4.74. The number of hydrogen-bond donors (Lipinski definition) is 2. The molecule has 10 heavy (non-hydrogen) atoms. The Morgan fingerprint density at radius 2 is 2.40 bits per heavy atom. The zero-order chi connectivity index (χ0) is 7.56. The van der Waals surface area contributed by atoms with Gasteiger partial charge in [-0.25, -0.2) is 4.98 Å². The number of aromatic nitrogens is 2. The van der Waals surface area contributed by atoms with E-state index in [9.17, 15) is 0 Å². The van der Waals surface area contributed by atoms with Gasteiger partial charge in [-0.2, -0.15) is 0 Å².